The lowest BCUT2D eigenvalue weighted by molar-refractivity contribution is 0.145. The third-order valence-electron chi connectivity index (χ3n) is 4.06. The monoisotopic (exact) mass is 471 g/mol. The molecule has 144 valence electrons. The maximum absolute atomic E-state index is 5.34. The van der Waals surface area contributed by atoms with Gasteiger partial charge in [0.05, 0.1) is 11.4 Å². The summed E-state index contributed by atoms with van der Waals surface area (Å²) in [7, 11) is 1.78. The number of guanidine groups is 1. The molecule has 0 aliphatic rings. The van der Waals surface area contributed by atoms with E-state index in [4.69, 9.17) is 4.74 Å². The maximum Gasteiger partial charge on any atom is 0.191 e. The highest BCUT2D eigenvalue weighted by molar-refractivity contribution is 14.0. The van der Waals surface area contributed by atoms with Crippen LogP contribution in [0.5, 0.6) is 0 Å². The van der Waals surface area contributed by atoms with Gasteiger partial charge in [0.25, 0.3) is 0 Å². The van der Waals surface area contributed by atoms with Crippen molar-refractivity contribution < 1.29 is 4.74 Å². The van der Waals surface area contributed by atoms with Gasteiger partial charge in [-0.15, -0.1) is 24.0 Å². The summed E-state index contributed by atoms with van der Waals surface area (Å²) in [6.45, 7) is 9.20. The van der Waals surface area contributed by atoms with E-state index in [2.05, 4.69) is 39.8 Å². The molecule has 0 spiro atoms. The van der Waals surface area contributed by atoms with Gasteiger partial charge in [0.15, 0.2) is 5.96 Å². The third-order valence-corrected chi connectivity index (χ3v) is 4.06. The molecule has 0 radical (unpaired) electrons. The van der Waals surface area contributed by atoms with Crippen LogP contribution >= 0.6 is 24.0 Å². The summed E-state index contributed by atoms with van der Waals surface area (Å²) in [6, 6.07) is 10.2. The molecule has 0 saturated heterocycles. The molecule has 2 N–H and O–H groups in total. The average Bonchev–Trinajstić information content (AvgIpc) is 2.92. The van der Waals surface area contributed by atoms with Crippen LogP contribution in [-0.4, -0.2) is 42.5 Å². The van der Waals surface area contributed by atoms with Crippen LogP contribution in [-0.2, 0) is 11.3 Å². The van der Waals surface area contributed by atoms with Gasteiger partial charge in [-0.3, -0.25) is 4.99 Å². The normalized spacial score (nSPS) is 11.2. The largest absolute Gasteiger partial charge is 0.382 e. The second kappa shape index (κ2) is 11.9. The van der Waals surface area contributed by atoms with Gasteiger partial charge in [-0.05, 0) is 39.3 Å². The van der Waals surface area contributed by atoms with Gasteiger partial charge >= 0.3 is 0 Å². The molecule has 2 rings (SSSR count). The summed E-state index contributed by atoms with van der Waals surface area (Å²) < 4.78 is 7.33. The fourth-order valence-electron chi connectivity index (χ4n) is 2.67. The van der Waals surface area contributed by atoms with Crippen molar-refractivity contribution in [3.63, 3.8) is 0 Å². The summed E-state index contributed by atoms with van der Waals surface area (Å²) in [5.74, 6) is 0.794. The molecule has 6 nitrogen and oxygen atoms in total. The van der Waals surface area contributed by atoms with Crippen LogP contribution in [0.1, 0.15) is 30.3 Å². The molecule has 0 aliphatic heterocycles. The molecule has 26 heavy (non-hydrogen) atoms. The van der Waals surface area contributed by atoms with Crippen molar-refractivity contribution in [3.8, 4) is 5.69 Å². The predicted molar refractivity (Wildman–Crippen MR) is 118 cm³/mol. The minimum absolute atomic E-state index is 0. The van der Waals surface area contributed by atoms with E-state index in [1.54, 1.807) is 7.05 Å². The molecule has 0 unspecified atom stereocenters. The molecule has 0 amide bonds. The van der Waals surface area contributed by atoms with Crippen LogP contribution in [0, 0.1) is 13.8 Å². The van der Waals surface area contributed by atoms with Crippen LogP contribution in [0.3, 0.4) is 0 Å². The number of hydrogen-bond donors (Lipinski definition) is 2. The molecule has 2 aromatic rings. The van der Waals surface area contributed by atoms with Crippen molar-refractivity contribution in [2.75, 3.05) is 26.8 Å². The van der Waals surface area contributed by atoms with Crippen molar-refractivity contribution in [3.05, 3.63) is 47.3 Å². The van der Waals surface area contributed by atoms with Gasteiger partial charge in [-0.25, -0.2) is 4.68 Å². The van der Waals surface area contributed by atoms with E-state index in [-0.39, 0.29) is 24.0 Å². The third kappa shape index (κ3) is 6.28. The molecule has 0 fully saturated rings. The lowest BCUT2D eigenvalue weighted by Gasteiger charge is -2.12. The maximum atomic E-state index is 5.34. The smallest absolute Gasteiger partial charge is 0.191 e. The van der Waals surface area contributed by atoms with Crippen molar-refractivity contribution in [1.29, 1.82) is 0 Å². The highest BCUT2D eigenvalue weighted by atomic mass is 127. The van der Waals surface area contributed by atoms with Crippen molar-refractivity contribution in [1.82, 2.24) is 20.4 Å². The van der Waals surface area contributed by atoms with Gasteiger partial charge in [0.1, 0.15) is 0 Å². The van der Waals surface area contributed by atoms with Gasteiger partial charge in [0, 0.05) is 44.6 Å². The first-order valence-electron chi connectivity index (χ1n) is 8.80. The molecule has 1 aromatic heterocycles. The van der Waals surface area contributed by atoms with E-state index in [0.717, 1.165) is 49.2 Å². The van der Waals surface area contributed by atoms with Crippen molar-refractivity contribution in [2.45, 2.75) is 33.7 Å². The van der Waals surface area contributed by atoms with Gasteiger partial charge in [0.2, 0.25) is 0 Å². The zero-order valence-corrected chi connectivity index (χ0v) is 18.4. The van der Waals surface area contributed by atoms with Crippen LogP contribution in [0.2, 0.25) is 0 Å². The number of hydrogen-bond acceptors (Lipinski definition) is 3. The number of nitrogens with zero attached hydrogens (tertiary/aromatic N) is 3. The first-order valence-corrected chi connectivity index (χ1v) is 8.80. The predicted octanol–water partition coefficient (Wildman–Crippen LogP) is 3.20. The number of aryl methyl sites for hydroxylation is 1. The van der Waals surface area contributed by atoms with Crippen molar-refractivity contribution >= 4 is 29.9 Å². The van der Waals surface area contributed by atoms with E-state index >= 15 is 0 Å². The fourth-order valence-corrected chi connectivity index (χ4v) is 2.67. The molecule has 0 atom stereocenters. The standard InChI is InChI=1S/C19H29N5O.HI/c1-5-25-13-9-12-21-19(20-4)22-14-18-15(2)23-24(16(18)3)17-10-7-6-8-11-17;/h6-8,10-11H,5,9,12-14H2,1-4H3,(H2,20,21,22);1H. The number of ether oxygens (including phenoxy) is 1. The van der Waals surface area contributed by atoms with Gasteiger partial charge in [-0.2, -0.15) is 5.10 Å². The molecule has 0 aliphatic carbocycles. The van der Waals surface area contributed by atoms with Crippen LogP contribution in [0.4, 0.5) is 0 Å². The molecular formula is C19H30IN5O. The molecule has 0 saturated carbocycles. The fraction of sp³-hybridized carbons (Fsp3) is 0.474. The molecule has 7 heteroatoms. The number of aliphatic imine (C=N–C) groups is 1. The zero-order chi connectivity index (χ0) is 18.1. The number of para-hydroxylation sites is 1. The Balaban J connectivity index is 0.00000338. The van der Waals surface area contributed by atoms with E-state index in [1.807, 2.05) is 36.7 Å². The average molecular weight is 471 g/mol. The van der Waals surface area contributed by atoms with E-state index < -0.39 is 0 Å². The first kappa shape index (κ1) is 22.4. The molecule has 1 heterocycles. The Morgan fingerprint density at radius 1 is 1.19 bits per heavy atom. The van der Waals surface area contributed by atoms with E-state index in [1.165, 1.54) is 5.56 Å². The zero-order valence-electron chi connectivity index (χ0n) is 16.1. The number of nitrogens with one attached hydrogen (secondary N) is 2. The van der Waals surface area contributed by atoms with Crippen LogP contribution in [0.15, 0.2) is 35.3 Å². The highest BCUT2D eigenvalue weighted by Gasteiger charge is 2.12. The van der Waals surface area contributed by atoms with Gasteiger partial charge in [-0.1, -0.05) is 18.2 Å². The van der Waals surface area contributed by atoms with Gasteiger partial charge < -0.3 is 15.4 Å². The number of benzene rings is 1. The Hall–Kier alpha value is -1.61. The molecular weight excluding hydrogens is 441 g/mol. The van der Waals surface area contributed by atoms with E-state index in [0.29, 0.717) is 6.54 Å². The van der Waals surface area contributed by atoms with Crippen LogP contribution in [0.25, 0.3) is 5.69 Å². The summed E-state index contributed by atoms with van der Waals surface area (Å²) in [4.78, 5) is 4.27. The minimum atomic E-state index is 0. The second-order valence-electron chi connectivity index (χ2n) is 5.80. The molecule has 0 bridgehead atoms. The van der Waals surface area contributed by atoms with Crippen LogP contribution < -0.4 is 10.6 Å². The highest BCUT2D eigenvalue weighted by Crippen LogP contribution is 2.17. The lowest BCUT2D eigenvalue weighted by Crippen LogP contribution is -2.37. The Labute approximate surface area is 173 Å². The quantitative estimate of drug-likeness (QED) is 0.269. The second-order valence-corrected chi connectivity index (χ2v) is 5.80. The summed E-state index contributed by atoms with van der Waals surface area (Å²) in [5, 5.41) is 11.4. The summed E-state index contributed by atoms with van der Waals surface area (Å²) in [5.41, 5.74) is 4.44. The SMILES string of the molecule is CCOCCCNC(=NC)NCc1c(C)nn(-c2ccccc2)c1C.I. The lowest BCUT2D eigenvalue weighted by atomic mass is 10.2. The number of halogens is 1. The minimum Gasteiger partial charge on any atom is -0.382 e. The van der Waals surface area contributed by atoms with Crippen molar-refractivity contribution in [2.24, 2.45) is 4.99 Å². The summed E-state index contributed by atoms with van der Waals surface area (Å²) >= 11 is 0. The molecule has 1 aromatic carbocycles. The van der Waals surface area contributed by atoms with E-state index in [9.17, 15) is 0 Å². The summed E-state index contributed by atoms with van der Waals surface area (Å²) in [6.07, 6.45) is 0.957. The topological polar surface area (TPSA) is 63.5 Å². The Bertz CT molecular complexity index is 685. The Morgan fingerprint density at radius 2 is 1.92 bits per heavy atom. The number of rotatable bonds is 8. The first-order chi connectivity index (χ1) is 12.2. The number of aromatic nitrogens is 2. The Kier molecular flexibility index (Phi) is 10.3. The Morgan fingerprint density at radius 3 is 2.58 bits per heavy atom.